The van der Waals surface area contributed by atoms with Gasteiger partial charge in [0.2, 0.25) is 0 Å². The van der Waals surface area contributed by atoms with Crippen LogP contribution in [0.25, 0.3) is 21.5 Å². The second-order valence-electron chi connectivity index (χ2n) is 5.37. The number of benzene rings is 1. The first-order valence-corrected chi connectivity index (χ1v) is 8.61. The summed E-state index contributed by atoms with van der Waals surface area (Å²) in [5.41, 5.74) is 14.9. The van der Waals surface area contributed by atoms with Gasteiger partial charge in [-0.3, -0.25) is 4.79 Å². The van der Waals surface area contributed by atoms with Crippen LogP contribution in [-0.4, -0.2) is 17.5 Å². The van der Waals surface area contributed by atoms with Crippen molar-refractivity contribution in [2.75, 3.05) is 12.3 Å². The number of nitrogens with zero attached hydrogens (tertiary/aromatic N) is 1. The Hall–Kier alpha value is -2.60. The number of hydrogen-bond donors (Lipinski definition) is 2. The van der Waals surface area contributed by atoms with Crippen molar-refractivity contribution in [3.05, 3.63) is 40.8 Å². The topological polar surface area (TPSA) is 91.2 Å². The zero-order valence-electron chi connectivity index (χ0n) is 13.6. The van der Waals surface area contributed by atoms with E-state index in [2.05, 4.69) is 11.9 Å². The molecule has 6 heteroatoms. The highest BCUT2D eigenvalue weighted by atomic mass is 32.1. The number of nitrogen functional groups attached to an aromatic ring is 1. The van der Waals surface area contributed by atoms with Crippen molar-refractivity contribution >= 4 is 33.1 Å². The molecule has 0 aliphatic carbocycles. The molecule has 24 heavy (non-hydrogen) atoms. The van der Waals surface area contributed by atoms with Crippen molar-refractivity contribution in [3.8, 4) is 17.0 Å². The zero-order valence-corrected chi connectivity index (χ0v) is 14.4. The molecule has 2 aromatic heterocycles. The summed E-state index contributed by atoms with van der Waals surface area (Å²) in [6.07, 6.45) is 0.794. The fourth-order valence-corrected chi connectivity index (χ4v) is 3.69. The molecular weight excluding hydrogens is 322 g/mol. The summed E-state index contributed by atoms with van der Waals surface area (Å²) in [5, 5.41) is 0.839. The number of ether oxygens (including phenoxy) is 1. The highest BCUT2D eigenvalue weighted by molar-refractivity contribution is 7.21. The number of thiophene rings is 1. The molecule has 4 N–H and O–H groups in total. The molecule has 0 saturated heterocycles. The van der Waals surface area contributed by atoms with Crippen LogP contribution < -0.4 is 16.2 Å². The van der Waals surface area contributed by atoms with E-state index in [0.29, 0.717) is 17.2 Å². The summed E-state index contributed by atoms with van der Waals surface area (Å²) in [7, 11) is 0. The lowest BCUT2D eigenvalue weighted by atomic mass is 10.0. The van der Waals surface area contributed by atoms with E-state index in [9.17, 15) is 4.79 Å². The van der Waals surface area contributed by atoms with Crippen LogP contribution in [0.1, 0.15) is 29.1 Å². The molecule has 3 rings (SSSR count). The van der Waals surface area contributed by atoms with Crippen LogP contribution >= 0.6 is 11.3 Å². The number of carbonyl (C=O) groups is 1. The first-order chi connectivity index (χ1) is 11.5. The highest BCUT2D eigenvalue weighted by Gasteiger charge is 2.18. The predicted octanol–water partition coefficient (Wildman–Crippen LogP) is 3.61. The van der Waals surface area contributed by atoms with Gasteiger partial charge in [-0.25, -0.2) is 4.98 Å². The fraction of sp³-hybridized carbons (Fsp3) is 0.222. The molecule has 5 nitrogen and oxygen atoms in total. The quantitative estimate of drug-likeness (QED) is 0.741. The molecule has 0 saturated carbocycles. The Bertz CT molecular complexity index is 901. The lowest BCUT2D eigenvalue weighted by molar-refractivity contribution is 0.100. The normalized spacial score (nSPS) is 10.9. The van der Waals surface area contributed by atoms with E-state index < -0.39 is 5.91 Å². The third-order valence-electron chi connectivity index (χ3n) is 3.85. The maximum absolute atomic E-state index is 11.6. The molecule has 0 bridgehead atoms. The molecule has 0 aliphatic rings. The number of aromatic nitrogens is 1. The van der Waals surface area contributed by atoms with Gasteiger partial charge in [0.1, 0.15) is 15.5 Å². The van der Waals surface area contributed by atoms with Gasteiger partial charge in [0.05, 0.1) is 18.0 Å². The zero-order chi connectivity index (χ0) is 17.3. The van der Waals surface area contributed by atoms with E-state index in [1.54, 1.807) is 0 Å². The maximum atomic E-state index is 11.6. The lowest BCUT2D eigenvalue weighted by Crippen LogP contribution is -2.10. The summed E-state index contributed by atoms with van der Waals surface area (Å²) >= 11 is 1.25. The van der Waals surface area contributed by atoms with Crippen molar-refractivity contribution in [2.24, 2.45) is 5.73 Å². The molecule has 2 heterocycles. The molecule has 1 amide bonds. The smallest absolute Gasteiger partial charge is 0.260 e. The average Bonchev–Trinajstić information content (AvgIpc) is 2.92. The molecule has 0 fully saturated rings. The molecule has 1 aromatic carbocycles. The molecule has 0 unspecified atom stereocenters. The van der Waals surface area contributed by atoms with E-state index in [0.717, 1.165) is 39.2 Å². The number of primary amides is 1. The van der Waals surface area contributed by atoms with E-state index >= 15 is 0 Å². The fourth-order valence-electron chi connectivity index (χ4n) is 2.70. The van der Waals surface area contributed by atoms with Crippen LogP contribution in [0.5, 0.6) is 5.75 Å². The second-order valence-corrected chi connectivity index (χ2v) is 6.37. The third-order valence-corrected chi connectivity index (χ3v) is 4.96. The number of amides is 1. The van der Waals surface area contributed by atoms with Gasteiger partial charge >= 0.3 is 0 Å². The summed E-state index contributed by atoms with van der Waals surface area (Å²) < 4.78 is 5.47. The van der Waals surface area contributed by atoms with Gasteiger partial charge in [0.25, 0.3) is 5.91 Å². The highest BCUT2D eigenvalue weighted by Crippen LogP contribution is 2.37. The minimum absolute atomic E-state index is 0.371. The van der Waals surface area contributed by atoms with Gasteiger partial charge in [-0.05, 0) is 49.2 Å². The van der Waals surface area contributed by atoms with Crippen LogP contribution in [0.15, 0.2) is 30.3 Å². The van der Waals surface area contributed by atoms with Crippen LogP contribution in [0, 0.1) is 0 Å². The van der Waals surface area contributed by atoms with Crippen LogP contribution in [0.2, 0.25) is 0 Å². The number of hydrogen-bond acceptors (Lipinski definition) is 5. The minimum Gasteiger partial charge on any atom is -0.494 e. The van der Waals surface area contributed by atoms with Gasteiger partial charge < -0.3 is 16.2 Å². The summed E-state index contributed by atoms with van der Waals surface area (Å²) in [5.74, 6) is 0.314. The van der Waals surface area contributed by atoms with Crippen LogP contribution in [-0.2, 0) is 6.42 Å². The average molecular weight is 341 g/mol. The minimum atomic E-state index is -0.514. The Kier molecular flexibility index (Phi) is 4.40. The summed E-state index contributed by atoms with van der Waals surface area (Å²) in [6, 6.07) is 9.82. The van der Waals surface area contributed by atoms with Crippen LogP contribution in [0.4, 0.5) is 5.69 Å². The Labute approximate surface area is 144 Å². The number of anilines is 1. The number of carbonyl (C=O) groups excluding carboxylic acids is 1. The summed E-state index contributed by atoms with van der Waals surface area (Å²) in [4.78, 5) is 17.4. The lowest BCUT2D eigenvalue weighted by Gasteiger charge is -2.08. The Morgan fingerprint density at radius 1 is 1.25 bits per heavy atom. The summed E-state index contributed by atoms with van der Waals surface area (Å²) in [6.45, 7) is 4.64. The van der Waals surface area contributed by atoms with Gasteiger partial charge in [-0.2, -0.15) is 0 Å². The number of fused-ring (bicyclic) bond motifs is 1. The van der Waals surface area contributed by atoms with Crippen LogP contribution in [0.3, 0.4) is 0 Å². The molecule has 0 atom stereocenters. The number of aryl methyl sites for hydroxylation is 1. The molecule has 124 valence electrons. The van der Waals surface area contributed by atoms with E-state index in [1.807, 2.05) is 37.3 Å². The first-order valence-electron chi connectivity index (χ1n) is 7.80. The Balaban J connectivity index is 2.14. The monoisotopic (exact) mass is 341 g/mol. The Morgan fingerprint density at radius 3 is 2.54 bits per heavy atom. The molecule has 0 spiro atoms. The van der Waals surface area contributed by atoms with Gasteiger partial charge in [-0.1, -0.05) is 6.92 Å². The molecular formula is C18H19N3O2S. The number of rotatable bonds is 5. The molecule has 0 radical (unpaired) electrons. The second kappa shape index (κ2) is 6.49. The van der Waals surface area contributed by atoms with E-state index in [4.69, 9.17) is 16.2 Å². The number of nitrogens with two attached hydrogens (primary N) is 2. The third kappa shape index (κ3) is 2.80. The van der Waals surface area contributed by atoms with Gasteiger partial charge in [0, 0.05) is 10.9 Å². The SMILES string of the molecule is CCOc1ccc(-c2cc(CC)c3c(N)c(C(N)=O)sc3n2)cc1. The van der Waals surface area contributed by atoms with E-state index in [-0.39, 0.29) is 0 Å². The molecule has 0 aliphatic heterocycles. The first kappa shape index (κ1) is 16.3. The predicted molar refractivity (Wildman–Crippen MR) is 98.5 cm³/mol. The van der Waals surface area contributed by atoms with Crippen molar-refractivity contribution in [1.29, 1.82) is 0 Å². The molecule has 3 aromatic rings. The number of pyridine rings is 1. The maximum Gasteiger partial charge on any atom is 0.260 e. The largest absolute Gasteiger partial charge is 0.494 e. The standard InChI is InChI=1S/C18H19N3O2S/c1-3-10-9-13(11-5-7-12(8-6-11)23-4-2)21-18-14(10)15(19)16(24-18)17(20)22/h5-9H,3-4,19H2,1-2H3,(H2,20,22). The van der Waals surface area contributed by atoms with Gasteiger partial charge in [-0.15, -0.1) is 11.3 Å². The van der Waals surface area contributed by atoms with Crippen molar-refractivity contribution in [1.82, 2.24) is 4.98 Å². The van der Waals surface area contributed by atoms with Crippen molar-refractivity contribution in [3.63, 3.8) is 0 Å². The van der Waals surface area contributed by atoms with Crippen molar-refractivity contribution in [2.45, 2.75) is 20.3 Å². The van der Waals surface area contributed by atoms with E-state index in [1.165, 1.54) is 11.3 Å². The Morgan fingerprint density at radius 2 is 1.96 bits per heavy atom. The van der Waals surface area contributed by atoms with Crippen molar-refractivity contribution < 1.29 is 9.53 Å². The van der Waals surface area contributed by atoms with Gasteiger partial charge in [0.15, 0.2) is 0 Å².